The lowest BCUT2D eigenvalue weighted by atomic mass is 10.1. The highest BCUT2D eigenvalue weighted by Gasteiger charge is 2.07. The number of nitrogens with zero attached hydrogens (tertiary/aromatic N) is 2. The Labute approximate surface area is 116 Å². The molecule has 0 amide bonds. The third-order valence-corrected chi connectivity index (χ3v) is 3.68. The first-order chi connectivity index (χ1) is 8.25. The molecule has 0 aliphatic heterocycles. The minimum atomic E-state index is 0.387. The van der Waals surface area contributed by atoms with Gasteiger partial charge < -0.3 is 4.74 Å². The average Bonchev–Trinajstić information content (AvgIpc) is 2.33. The molecule has 0 aromatic carbocycles. The quantitative estimate of drug-likeness (QED) is 0.517. The molecular weight excluding hydrogens is 304 g/mol. The van der Waals surface area contributed by atoms with Crippen LogP contribution >= 0.6 is 27.5 Å². The number of hydrogen-bond acceptors (Lipinski definition) is 3. The lowest BCUT2D eigenvalue weighted by Gasteiger charge is -2.06. The van der Waals surface area contributed by atoms with Crippen molar-refractivity contribution in [1.29, 1.82) is 0 Å². The fourth-order valence-electron chi connectivity index (χ4n) is 1.49. The van der Waals surface area contributed by atoms with E-state index in [1.54, 1.807) is 0 Å². The second-order valence-electron chi connectivity index (χ2n) is 3.90. The number of halogens is 2. The molecule has 3 nitrogen and oxygen atoms in total. The van der Waals surface area contributed by atoms with E-state index >= 15 is 0 Å². The van der Waals surface area contributed by atoms with Crippen molar-refractivity contribution in [3.8, 4) is 5.88 Å². The lowest BCUT2D eigenvalue weighted by Crippen LogP contribution is -2.00. The van der Waals surface area contributed by atoms with Crippen molar-refractivity contribution in [2.24, 2.45) is 0 Å². The zero-order chi connectivity index (χ0) is 12.5. The van der Waals surface area contributed by atoms with Gasteiger partial charge in [0.25, 0.3) is 0 Å². The van der Waals surface area contributed by atoms with Gasteiger partial charge in [-0.25, -0.2) is 9.97 Å². The molecule has 0 spiro atoms. The highest BCUT2D eigenvalue weighted by molar-refractivity contribution is 9.10. The summed E-state index contributed by atoms with van der Waals surface area (Å²) < 4.78 is 6.17. The molecule has 0 N–H and O–H groups in total. The number of hydrogen-bond donors (Lipinski definition) is 0. The van der Waals surface area contributed by atoms with Crippen LogP contribution in [0.3, 0.4) is 0 Å². The molecular formula is C12H18BrClN2O. The summed E-state index contributed by atoms with van der Waals surface area (Å²) in [4.78, 5) is 7.87. The largest absolute Gasteiger partial charge is 0.477 e. The smallest absolute Gasteiger partial charge is 0.232 e. The van der Waals surface area contributed by atoms with Gasteiger partial charge in [0.2, 0.25) is 5.88 Å². The molecule has 0 radical (unpaired) electrons. The Morgan fingerprint density at radius 2 is 1.88 bits per heavy atom. The highest BCUT2D eigenvalue weighted by atomic mass is 79.9. The number of aromatic nitrogens is 2. The van der Waals surface area contributed by atoms with E-state index in [1.807, 2.05) is 0 Å². The standard InChI is InChI=1S/C12H18BrClN2O/c1-2-3-4-5-6-7-8-17-12-10(13)11(14)15-9-16-12/h9H,2-8H2,1H3. The monoisotopic (exact) mass is 320 g/mol. The van der Waals surface area contributed by atoms with E-state index in [0.29, 0.717) is 22.1 Å². The number of rotatable bonds is 8. The predicted octanol–water partition coefficient (Wildman–Crippen LogP) is 4.63. The first-order valence-corrected chi connectivity index (χ1v) is 7.21. The topological polar surface area (TPSA) is 35.0 Å². The Balaban J connectivity index is 2.16. The molecule has 96 valence electrons. The van der Waals surface area contributed by atoms with E-state index in [9.17, 15) is 0 Å². The summed E-state index contributed by atoms with van der Waals surface area (Å²) in [6.07, 6.45) is 8.87. The fraction of sp³-hybridized carbons (Fsp3) is 0.667. The van der Waals surface area contributed by atoms with Crippen molar-refractivity contribution in [2.75, 3.05) is 6.61 Å². The lowest BCUT2D eigenvalue weighted by molar-refractivity contribution is 0.290. The van der Waals surface area contributed by atoms with Crippen LogP contribution in [0, 0.1) is 0 Å². The number of unbranched alkanes of at least 4 members (excludes halogenated alkanes) is 5. The fourth-order valence-corrected chi connectivity index (χ4v) is 1.93. The first-order valence-electron chi connectivity index (χ1n) is 6.04. The van der Waals surface area contributed by atoms with Crippen LogP contribution in [0.25, 0.3) is 0 Å². The molecule has 0 fully saturated rings. The van der Waals surface area contributed by atoms with E-state index in [1.165, 1.54) is 38.4 Å². The maximum absolute atomic E-state index is 5.83. The van der Waals surface area contributed by atoms with Crippen LogP contribution < -0.4 is 4.74 Å². The summed E-state index contributed by atoms with van der Waals surface area (Å²) >= 11 is 9.13. The maximum atomic E-state index is 5.83. The van der Waals surface area contributed by atoms with Gasteiger partial charge in [0, 0.05) is 0 Å². The Kier molecular flexibility index (Phi) is 7.53. The van der Waals surface area contributed by atoms with Crippen LogP contribution in [-0.2, 0) is 0 Å². The summed E-state index contributed by atoms with van der Waals surface area (Å²) in [6, 6.07) is 0. The van der Waals surface area contributed by atoms with Crippen LogP contribution in [0.1, 0.15) is 45.4 Å². The van der Waals surface area contributed by atoms with Gasteiger partial charge in [-0.3, -0.25) is 0 Å². The van der Waals surface area contributed by atoms with E-state index in [0.717, 1.165) is 6.42 Å². The Hall–Kier alpha value is -0.350. The Morgan fingerprint density at radius 3 is 2.65 bits per heavy atom. The molecule has 0 aliphatic carbocycles. The summed E-state index contributed by atoms with van der Waals surface area (Å²) in [6.45, 7) is 2.90. The van der Waals surface area contributed by atoms with Crippen molar-refractivity contribution < 1.29 is 4.74 Å². The third-order valence-electron chi connectivity index (χ3n) is 2.45. The SMILES string of the molecule is CCCCCCCCOc1ncnc(Cl)c1Br. The second-order valence-corrected chi connectivity index (χ2v) is 5.05. The molecule has 5 heteroatoms. The van der Waals surface area contributed by atoms with Crippen LogP contribution in [0.15, 0.2) is 10.8 Å². The van der Waals surface area contributed by atoms with Crippen molar-refractivity contribution >= 4 is 27.5 Å². The molecule has 1 aromatic rings. The average molecular weight is 322 g/mol. The molecule has 1 rings (SSSR count). The minimum absolute atomic E-state index is 0.387. The van der Waals surface area contributed by atoms with E-state index in [4.69, 9.17) is 16.3 Å². The molecule has 0 saturated carbocycles. The molecule has 1 heterocycles. The van der Waals surface area contributed by atoms with Crippen molar-refractivity contribution in [1.82, 2.24) is 9.97 Å². The van der Waals surface area contributed by atoms with Gasteiger partial charge in [-0.15, -0.1) is 0 Å². The van der Waals surface area contributed by atoms with Gasteiger partial charge in [-0.1, -0.05) is 50.6 Å². The van der Waals surface area contributed by atoms with Gasteiger partial charge in [0.1, 0.15) is 10.8 Å². The molecule has 0 unspecified atom stereocenters. The molecule has 1 aromatic heterocycles. The third kappa shape index (κ3) is 5.68. The van der Waals surface area contributed by atoms with Crippen molar-refractivity contribution in [3.63, 3.8) is 0 Å². The first kappa shape index (κ1) is 14.7. The highest BCUT2D eigenvalue weighted by Crippen LogP contribution is 2.27. The van der Waals surface area contributed by atoms with Gasteiger partial charge in [-0.2, -0.15) is 0 Å². The van der Waals surface area contributed by atoms with Crippen molar-refractivity contribution in [3.05, 3.63) is 16.0 Å². The van der Waals surface area contributed by atoms with Crippen LogP contribution in [0.4, 0.5) is 0 Å². The summed E-state index contributed by atoms with van der Waals surface area (Å²) in [5.41, 5.74) is 0. The Bertz CT molecular complexity index is 336. The minimum Gasteiger partial charge on any atom is -0.477 e. The summed E-state index contributed by atoms with van der Waals surface area (Å²) in [5, 5.41) is 0.387. The summed E-state index contributed by atoms with van der Waals surface area (Å²) in [5.74, 6) is 0.526. The normalized spacial score (nSPS) is 10.5. The molecule has 0 saturated heterocycles. The van der Waals surface area contributed by atoms with Crippen molar-refractivity contribution in [2.45, 2.75) is 45.4 Å². The van der Waals surface area contributed by atoms with E-state index in [-0.39, 0.29) is 0 Å². The van der Waals surface area contributed by atoms with Gasteiger partial charge in [-0.05, 0) is 22.4 Å². The van der Waals surface area contributed by atoms with Crippen LogP contribution in [0.2, 0.25) is 5.15 Å². The van der Waals surface area contributed by atoms with Gasteiger partial charge in [0.15, 0.2) is 5.15 Å². The summed E-state index contributed by atoms with van der Waals surface area (Å²) in [7, 11) is 0. The maximum Gasteiger partial charge on any atom is 0.232 e. The zero-order valence-corrected chi connectivity index (χ0v) is 12.4. The van der Waals surface area contributed by atoms with Gasteiger partial charge in [0.05, 0.1) is 6.61 Å². The van der Waals surface area contributed by atoms with Crippen LogP contribution in [0.5, 0.6) is 5.88 Å². The van der Waals surface area contributed by atoms with E-state index < -0.39 is 0 Å². The predicted molar refractivity (Wildman–Crippen MR) is 73.6 cm³/mol. The molecule has 0 atom stereocenters. The second kappa shape index (κ2) is 8.70. The van der Waals surface area contributed by atoms with E-state index in [2.05, 4.69) is 32.8 Å². The van der Waals surface area contributed by atoms with Crippen LogP contribution in [-0.4, -0.2) is 16.6 Å². The molecule has 17 heavy (non-hydrogen) atoms. The molecule has 0 aliphatic rings. The number of ether oxygens (including phenoxy) is 1. The van der Waals surface area contributed by atoms with Gasteiger partial charge >= 0.3 is 0 Å². The zero-order valence-electron chi connectivity index (χ0n) is 10.1. The molecule has 0 bridgehead atoms. The Morgan fingerprint density at radius 1 is 1.18 bits per heavy atom.